The molecule has 0 aromatic heterocycles. The highest BCUT2D eigenvalue weighted by atomic mass is 19.4. The Morgan fingerprint density at radius 2 is 1.74 bits per heavy atom. The van der Waals surface area contributed by atoms with Crippen LogP contribution in [0.25, 0.3) is 5.57 Å². The molecular weight excluding hydrogens is 541 g/mol. The number of amides is 3. The molecule has 0 radical (unpaired) electrons. The number of nitrogens with zero attached hydrogens (tertiary/aromatic N) is 2. The molecule has 1 aliphatic heterocycles. The predicted molar refractivity (Wildman–Crippen MR) is 124 cm³/mol. The lowest BCUT2D eigenvalue weighted by atomic mass is 9.98. The summed E-state index contributed by atoms with van der Waals surface area (Å²) >= 11 is 0. The molecule has 0 bridgehead atoms. The van der Waals surface area contributed by atoms with Crippen LogP contribution in [0.1, 0.15) is 29.5 Å². The number of anilines is 1. The average Bonchev–Trinajstić information content (AvgIpc) is 2.84. The second-order valence-electron chi connectivity index (χ2n) is 8.17. The van der Waals surface area contributed by atoms with Gasteiger partial charge in [0.05, 0.1) is 11.1 Å². The number of allylic oxidation sites excluding steroid dienone is 1. The number of halogens is 7. The molecule has 0 spiro atoms. The molecule has 1 unspecified atom stereocenters. The normalized spacial score (nSPS) is 16.8. The second-order valence-corrected chi connectivity index (χ2v) is 8.17. The Hall–Kier alpha value is -4.43. The largest absolute Gasteiger partial charge is 0.420 e. The highest BCUT2D eigenvalue weighted by Crippen LogP contribution is 2.44. The molecule has 15 heteroatoms. The van der Waals surface area contributed by atoms with Crippen molar-refractivity contribution in [1.29, 1.82) is 0 Å². The number of carbonyl (C=O) groups is 3. The number of alkyl halides is 6. The van der Waals surface area contributed by atoms with Crippen molar-refractivity contribution in [3.8, 4) is 5.75 Å². The number of ether oxygens (including phenoxy) is 1. The number of benzene rings is 2. The quantitative estimate of drug-likeness (QED) is 0.314. The number of hydrogen-bond donors (Lipinski definition) is 2. The summed E-state index contributed by atoms with van der Waals surface area (Å²) in [5.41, 5.74) is 0.369. The smallest absolute Gasteiger partial charge is 0.409 e. The van der Waals surface area contributed by atoms with E-state index in [1.807, 2.05) is 5.32 Å². The van der Waals surface area contributed by atoms with E-state index in [1.165, 1.54) is 0 Å². The number of rotatable bonds is 5. The summed E-state index contributed by atoms with van der Waals surface area (Å²) in [6, 6.07) is 3.04. The number of carbonyl (C=O) groups excluding carboxylic acids is 3. The van der Waals surface area contributed by atoms with E-state index in [-0.39, 0.29) is 30.7 Å². The van der Waals surface area contributed by atoms with Crippen LogP contribution in [-0.4, -0.2) is 37.2 Å². The minimum Gasteiger partial charge on any atom is -0.409 e. The van der Waals surface area contributed by atoms with Crippen molar-refractivity contribution >= 4 is 35.4 Å². The van der Waals surface area contributed by atoms with Gasteiger partial charge in [0.2, 0.25) is 5.91 Å². The van der Waals surface area contributed by atoms with E-state index < -0.39 is 70.1 Å². The van der Waals surface area contributed by atoms with Crippen LogP contribution < -0.4 is 20.7 Å². The lowest BCUT2D eigenvalue weighted by molar-refractivity contribution is -0.143. The summed E-state index contributed by atoms with van der Waals surface area (Å²) in [5.74, 6) is -3.39. The van der Waals surface area contributed by atoms with Crippen molar-refractivity contribution in [1.82, 2.24) is 5.32 Å². The first-order chi connectivity index (χ1) is 18.1. The fourth-order valence-electron chi connectivity index (χ4n) is 3.45. The van der Waals surface area contributed by atoms with Gasteiger partial charge in [-0.05, 0) is 42.8 Å². The van der Waals surface area contributed by atoms with Gasteiger partial charge in [0.25, 0.3) is 5.91 Å². The maximum absolute atomic E-state index is 14.0. The van der Waals surface area contributed by atoms with Crippen LogP contribution in [0.15, 0.2) is 47.6 Å². The Morgan fingerprint density at radius 3 is 2.28 bits per heavy atom. The fourth-order valence-corrected chi connectivity index (χ4v) is 3.45. The molecule has 1 heterocycles. The third-order valence-electron chi connectivity index (χ3n) is 5.49. The summed E-state index contributed by atoms with van der Waals surface area (Å²) in [4.78, 5) is 40.6. The molecule has 3 rings (SSSR count). The zero-order chi connectivity index (χ0) is 29.1. The Morgan fingerprint density at radius 1 is 1.10 bits per heavy atom. The number of imide groups is 1. The van der Waals surface area contributed by atoms with Crippen LogP contribution in [0.5, 0.6) is 5.75 Å². The van der Waals surface area contributed by atoms with Gasteiger partial charge in [-0.2, -0.15) is 26.3 Å². The minimum atomic E-state index is -5.43. The maximum Gasteiger partial charge on any atom is 0.420 e. The maximum atomic E-state index is 14.0. The first-order valence-corrected chi connectivity index (χ1v) is 10.9. The number of hydrogen-bond acceptors (Lipinski definition) is 6. The Balaban J connectivity index is 2.13. The molecule has 2 aromatic carbocycles. The topological polar surface area (TPSA) is 114 Å². The van der Waals surface area contributed by atoms with Gasteiger partial charge in [0, 0.05) is 42.7 Å². The predicted octanol–water partition coefficient (Wildman–Crippen LogP) is 4.67. The number of nitrogens with one attached hydrogen (secondary N) is 1. The van der Waals surface area contributed by atoms with Gasteiger partial charge in [0.15, 0.2) is 5.75 Å². The lowest BCUT2D eigenvalue weighted by Gasteiger charge is -2.23. The molecule has 3 amide bonds. The summed E-state index contributed by atoms with van der Waals surface area (Å²) in [6.45, 7) is 0. The molecule has 2 aromatic rings. The summed E-state index contributed by atoms with van der Waals surface area (Å²) in [7, 11) is 1.08. The van der Waals surface area contributed by atoms with E-state index in [0.717, 1.165) is 37.5 Å². The summed E-state index contributed by atoms with van der Waals surface area (Å²) in [6.07, 6.45) is -10.9. The van der Waals surface area contributed by atoms with Gasteiger partial charge in [0.1, 0.15) is 11.9 Å². The zero-order valence-electron chi connectivity index (χ0n) is 19.9. The van der Waals surface area contributed by atoms with Crippen LogP contribution >= 0.6 is 0 Å². The molecular formula is C24H19F7N4O4. The molecule has 39 heavy (non-hydrogen) atoms. The van der Waals surface area contributed by atoms with Crippen LogP contribution in [0.3, 0.4) is 0 Å². The molecule has 3 N–H and O–H groups in total. The first-order valence-electron chi connectivity index (χ1n) is 10.9. The van der Waals surface area contributed by atoms with Crippen LogP contribution in [0.2, 0.25) is 0 Å². The molecule has 8 nitrogen and oxygen atoms in total. The van der Waals surface area contributed by atoms with Crippen molar-refractivity contribution < 1.29 is 49.9 Å². The number of piperidine rings is 1. The van der Waals surface area contributed by atoms with E-state index in [1.54, 1.807) is 0 Å². The monoisotopic (exact) mass is 560 g/mol. The molecule has 208 valence electrons. The van der Waals surface area contributed by atoms with Gasteiger partial charge in [-0.15, -0.1) is 0 Å². The van der Waals surface area contributed by atoms with E-state index in [4.69, 9.17) is 10.5 Å². The Kier molecular flexibility index (Phi) is 8.31. The van der Waals surface area contributed by atoms with E-state index >= 15 is 0 Å². The van der Waals surface area contributed by atoms with Crippen molar-refractivity contribution in [3.63, 3.8) is 0 Å². The van der Waals surface area contributed by atoms with Gasteiger partial charge >= 0.3 is 18.4 Å². The standard InChI is InChI=1S/C24H19F7N4O4/c1-35(15-4-2-14(25)3-5-15)22(38)39-20-16(8-13(23(26,27)28)9-17(20)24(29,30)31)12(10-32)11-33-18-6-7-19(36)34-21(18)37/h2-5,8-11,18H,6-7,32H2,1H3,(H,34,36,37)/b12-10+,33-11?. The second kappa shape index (κ2) is 11.1. The lowest BCUT2D eigenvalue weighted by Crippen LogP contribution is -2.43. The highest BCUT2D eigenvalue weighted by molar-refractivity contribution is 6.12. The van der Waals surface area contributed by atoms with Crippen LogP contribution in [0, 0.1) is 5.82 Å². The van der Waals surface area contributed by atoms with Crippen molar-refractivity contribution in [2.24, 2.45) is 10.7 Å². The van der Waals surface area contributed by atoms with Gasteiger partial charge in [-0.1, -0.05) is 0 Å². The van der Waals surface area contributed by atoms with Crippen molar-refractivity contribution in [3.05, 3.63) is 65.1 Å². The van der Waals surface area contributed by atoms with Crippen LogP contribution in [0.4, 0.5) is 41.2 Å². The molecule has 1 fully saturated rings. The van der Waals surface area contributed by atoms with Gasteiger partial charge in [-0.25, -0.2) is 9.18 Å². The summed E-state index contributed by atoms with van der Waals surface area (Å²) in [5, 5.41) is 2.00. The van der Waals surface area contributed by atoms with Crippen LogP contribution in [-0.2, 0) is 21.9 Å². The molecule has 0 saturated carbocycles. The zero-order valence-corrected chi connectivity index (χ0v) is 19.9. The Labute approximate surface area is 215 Å². The highest BCUT2D eigenvalue weighted by Gasteiger charge is 2.41. The summed E-state index contributed by atoms with van der Waals surface area (Å²) < 4.78 is 101. The molecule has 1 atom stereocenters. The molecule has 0 aliphatic carbocycles. The third-order valence-corrected chi connectivity index (χ3v) is 5.49. The third kappa shape index (κ3) is 6.91. The SMILES string of the molecule is CN(C(=O)Oc1c(/C(C=NC2CCC(=O)NC2=O)=C/N)cc(C(F)(F)F)cc1C(F)(F)F)c1ccc(F)cc1. The van der Waals surface area contributed by atoms with Crippen molar-refractivity contribution in [2.75, 3.05) is 11.9 Å². The van der Waals surface area contributed by atoms with Gasteiger partial charge in [-0.3, -0.25) is 24.8 Å². The first kappa shape index (κ1) is 29.1. The Bertz CT molecular complexity index is 1340. The average molecular weight is 560 g/mol. The van der Waals surface area contributed by atoms with E-state index in [0.29, 0.717) is 11.1 Å². The number of aliphatic imine (C=N–C) groups is 1. The minimum absolute atomic E-state index is 0.00238. The molecule has 1 saturated heterocycles. The van der Waals surface area contributed by atoms with E-state index in [2.05, 4.69) is 4.99 Å². The van der Waals surface area contributed by atoms with Gasteiger partial charge < -0.3 is 10.5 Å². The number of nitrogens with two attached hydrogens (primary N) is 1. The van der Waals surface area contributed by atoms with E-state index in [9.17, 15) is 45.1 Å². The molecule has 1 aliphatic rings. The van der Waals surface area contributed by atoms with Crippen molar-refractivity contribution in [2.45, 2.75) is 31.2 Å². The fraction of sp³-hybridized carbons (Fsp3) is 0.250.